The highest BCUT2D eigenvalue weighted by atomic mass is 35.5. The molecule has 3 aromatic rings. The van der Waals surface area contributed by atoms with E-state index in [0.717, 1.165) is 11.0 Å². The zero-order valence-electron chi connectivity index (χ0n) is 25.3. The number of imide groups is 2. The van der Waals surface area contributed by atoms with E-state index in [4.69, 9.17) is 23.2 Å². The predicted octanol–water partition coefficient (Wildman–Crippen LogP) is 5.86. The topological polar surface area (TPSA) is 132 Å². The third kappa shape index (κ3) is 4.20. The van der Waals surface area contributed by atoms with Gasteiger partial charge in [0.25, 0.3) is 11.8 Å². The number of aromatic hydroxyl groups is 1. The van der Waals surface area contributed by atoms with Crippen molar-refractivity contribution >= 4 is 64.2 Å². The predicted molar refractivity (Wildman–Crippen MR) is 165 cm³/mol. The summed E-state index contributed by atoms with van der Waals surface area (Å²) in [6, 6.07) is 9.02. The summed E-state index contributed by atoms with van der Waals surface area (Å²) < 4.78 is 73.1. The van der Waals surface area contributed by atoms with Gasteiger partial charge in [-0.3, -0.25) is 24.1 Å². The second-order valence-electron chi connectivity index (χ2n) is 12.6. The number of carbonyl (C=O) groups is 5. The highest BCUT2D eigenvalue weighted by molar-refractivity contribution is 6.58. The van der Waals surface area contributed by atoms with Gasteiger partial charge in [0.1, 0.15) is 11.4 Å². The van der Waals surface area contributed by atoms with Gasteiger partial charge in [-0.1, -0.05) is 29.8 Å². The van der Waals surface area contributed by atoms with Crippen LogP contribution in [0, 0.1) is 53.8 Å². The summed E-state index contributed by atoms with van der Waals surface area (Å²) in [5.41, 5.74) is -1.54. The van der Waals surface area contributed by atoms with E-state index in [2.05, 4.69) is 0 Å². The van der Waals surface area contributed by atoms with E-state index in [1.54, 1.807) is 0 Å². The van der Waals surface area contributed by atoms with E-state index in [1.807, 2.05) is 0 Å². The maximum absolute atomic E-state index is 15.2. The molecule has 0 spiro atoms. The number of hydrogen-bond donors (Lipinski definition) is 2. The minimum absolute atomic E-state index is 0.0470. The first-order valence-corrected chi connectivity index (χ1v) is 15.7. The second-order valence-corrected chi connectivity index (χ2v) is 13.8. The fraction of sp³-hybridized carbons (Fsp3) is 0.265. The van der Waals surface area contributed by atoms with Gasteiger partial charge in [0.2, 0.25) is 17.6 Å². The Morgan fingerprint density at radius 3 is 2.10 bits per heavy atom. The molecule has 6 unspecified atom stereocenters. The Labute approximate surface area is 288 Å². The maximum atomic E-state index is 15.2. The summed E-state index contributed by atoms with van der Waals surface area (Å²) in [6.07, 6.45) is 0.729. The summed E-state index contributed by atoms with van der Waals surface area (Å²) in [4.78, 5) is 63.3. The van der Waals surface area contributed by atoms with Crippen LogP contribution < -0.4 is 9.80 Å². The first-order chi connectivity index (χ1) is 23.5. The Balaban J connectivity index is 1.42. The number of rotatable bonds is 4. The molecule has 2 aliphatic heterocycles. The van der Waals surface area contributed by atoms with Crippen LogP contribution >= 0.6 is 23.2 Å². The lowest BCUT2D eigenvalue weighted by Crippen LogP contribution is -2.60. The fourth-order valence-corrected chi connectivity index (χ4v) is 8.77. The number of nitrogens with zero attached hydrogens (tertiary/aromatic N) is 2. The van der Waals surface area contributed by atoms with Crippen LogP contribution in [0.3, 0.4) is 0 Å². The molecule has 258 valence electrons. The van der Waals surface area contributed by atoms with Crippen LogP contribution in [0.2, 0.25) is 0 Å². The number of carboxylic acids is 1. The van der Waals surface area contributed by atoms with Gasteiger partial charge in [0.05, 0.1) is 23.1 Å². The van der Waals surface area contributed by atoms with Crippen molar-refractivity contribution < 1.29 is 56.1 Å². The Morgan fingerprint density at radius 1 is 0.840 bits per heavy atom. The van der Waals surface area contributed by atoms with E-state index in [0.29, 0.717) is 0 Å². The molecule has 2 N–H and O–H groups in total. The zero-order chi connectivity index (χ0) is 36.4. The molecule has 3 fully saturated rings. The van der Waals surface area contributed by atoms with Crippen molar-refractivity contribution in [2.45, 2.75) is 35.4 Å². The van der Waals surface area contributed by atoms with Crippen molar-refractivity contribution in [2.24, 2.45) is 17.8 Å². The summed E-state index contributed by atoms with van der Waals surface area (Å²) in [5, 5.41) is 19.7. The monoisotopic (exact) mass is 734 g/mol. The van der Waals surface area contributed by atoms with Gasteiger partial charge in [-0.05, 0) is 61.1 Å². The third-order valence-corrected chi connectivity index (χ3v) is 11.5. The summed E-state index contributed by atoms with van der Waals surface area (Å²) in [5.74, 6) is -23.6. The molecule has 2 heterocycles. The summed E-state index contributed by atoms with van der Waals surface area (Å²) in [7, 11) is 0. The average Bonchev–Trinajstić information content (AvgIpc) is 3.42. The number of aryl methyl sites for hydroxylation is 1. The largest absolute Gasteiger partial charge is 0.508 e. The molecule has 0 bridgehead atoms. The molecule has 2 aliphatic carbocycles. The van der Waals surface area contributed by atoms with Crippen LogP contribution in [0.4, 0.5) is 33.3 Å². The summed E-state index contributed by atoms with van der Waals surface area (Å²) >= 11 is 14.2. The van der Waals surface area contributed by atoms with Gasteiger partial charge in [0.15, 0.2) is 33.0 Å². The average molecular weight is 735 g/mol. The van der Waals surface area contributed by atoms with Crippen LogP contribution in [-0.2, 0) is 19.2 Å². The van der Waals surface area contributed by atoms with E-state index in [1.165, 1.54) is 49.4 Å². The molecular weight excluding hydrogens is 714 g/mol. The smallest absolute Gasteiger partial charge is 0.335 e. The quantitative estimate of drug-likeness (QED) is 0.0857. The number of aromatic carboxylic acids is 1. The standard InChI is InChI=1S/C34H21Cl2F5N2O7/c1-12-9-13(5-8-19(12)44)21-16-6-7-17-20(29(46)42(28(17)45)15-4-2-3-14(10-15)30(47)48)18(16)11-33(35)31(49)43(32(50)34(21,33)36)27-25(40)23(38)22(37)24(39)26(27)41/h2-6,8-10,17-18,20-21,44H,7,11H2,1H3,(H,47,48). The van der Waals surface area contributed by atoms with E-state index in [9.17, 15) is 47.4 Å². The minimum Gasteiger partial charge on any atom is -0.508 e. The van der Waals surface area contributed by atoms with Gasteiger partial charge in [-0.2, -0.15) is 0 Å². The Bertz CT molecular complexity index is 2130. The van der Waals surface area contributed by atoms with Crippen LogP contribution in [0.1, 0.15) is 40.2 Å². The van der Waals surface area contributed by atoms with Crippen LogP contribution in [0.25, 0.3) is 0 Å². The molecule has 1 saturated carbocycles. The molecule has 16 heteroatoms. The van der Waals surface area contributed by atoms with Crippen molar-refractivity contribution in [1.82, 2.24) is 0 Å². The van der Waals surface area contributed by atoms with E-state index in [-0.39, 0.29) is 45.0 Å². The van der Waals surface area contributed by atoms with E-state index < -0.39 is 104 Å². The lowest BCUT2D eigenvalue weighted by atomic mass is 9.56. The number of benzene rings is 3. The number of allylic oxidation sites excluding steroid dienone is 2. The van der Waals surface area contributed by atoms with Gasteiger partial charge >= 0.3 is 5.97 Å². The Hall–Kier alpha value is -4.82. The number of phenols is 1. The minimum atomic E-state index is -2.70. The fourth-order valence-electron chi connectivity index (χ4n) is 7.83. The number of hydrogen-bond acceptors (Lipinski definition) is 6. The molecule has 4 amide bonds. The van der Waals surface area contributed by atoms with Crippen molar-refractivity contribution in [2.75, 3.05) is 9.80 Å². The maximum Gasteiger partial charge on any atom is 0.335 e. The van der Waals surface area contributed by atoms with Crippen LogP contribution in [-0.4, -0.2) is 49.6 Å². The molecular formula is C34H21Cl2F5N2O7. The molecule has 6 atom stereocenters. The number of fused-ring (bicyclic) bond motifs is 4. The first-order valence-electron chi connectivity index (χ1n) is 15.0. The summed E-state index contributed by atoms with van der Waals surface area (Å²) in [6.45, 7) is 1.49. The first kappa shape index (κ1) is 33.7. The van der Waals surface area contributed by atoms with Gasteiger partial charge in [-0.25, -0.2) is 31.6 Å². The molecule has 2 saturated heterocycles. The molecule has 0 radical (unpaired) electrons. The lowest BCUT2D eigenvalue weighted by molar-refractivity contribution is -0.125. The van der Waals surface area contributed by atoms with Crippen LogP contribution in [0.5, 0.6) is 5.75 Å². The number of carbonyl (C=O) groups excluding carboxylic acids is 4. The van der Waals surface area contributed by atoms with Crippen molar-refractivity contribution in [3.8, 4) is 5.75 Å². The third-order valence-electron chi connectivity index (χ3n) is 10.1. The van der Waals surface area contributed by atoms with E-state index >= 15 is 8.78 Å². The second kappa shape index (κ2) is 11.1. The van der Waals surface area contributed by atoms with Crippen molar-refractivity contribution in [3.63, 3.8) is 0 Å². The number of alkyl halides is 2. The van der Waals surface area contributed by atoms with Crippen molar-refractivity contribution in [3.05, 3.63) is 99.9 Å². The number of amides is 4. The zero-order valence-corrected chi connectivity index (χ0v) is 26.8. The van der Waals surface area contributed by atoms with Crippen LogP contribution in [0.15, 0.2) is 54.1 Å². The van der Waals surface area contributed by atoms with Gasteiger partial charge in [0, 0.05) is 5.92 Å². The highest BCUT2D eigenvalue weighted by Gasteiger charge is 2.77. The number of phenolic OH excluding ortho intramolecular Hbond substituents is 1. The lowest BCUT2D eigenvalue weighted by Gasteiger charge is -2.50. The molecule has 4 aliphatic rings. The number of carboxylic acid groups (broad SMARTS) is 1. The van der Waals surface area contributed by atoms with Crippen molar-refractivity contribution in [1.29, 1.82) is 0 Å². The molecule has 3 aromatic carbocycles. The SMILES string of the molecule is Cc1cc(C2C3=CCC4C(=O)N(c5cccc(C(=O)O)c5)C(=O)C4C3CC3(Cl)C(=O)N(c4c(F)c(F)c(F)c(F)c4F)C(=O)C23Cl)ccc1O. The Morgan fingerprint density at radius 2 is 1.48 bits per heavy atom. The van der Waals surface area contributed by atoms with Gasteiger partial charge in [-0.15, -0.1) is 23.2 Å². The normalized spacial score (nSPS) is 28.8. The molecule has 50 heavy (non-hydrogen) atoms. The Kier molecular flexibility index (Phi) is 7.47. The number of anilines is 2. The van der Waals surface area contributed by atoms with Gasteiger partial charge < -0.3 is 10.2 Å². The molecule has 7 rings (SSSR count). The molecule has 9 nitrogen and oxygen atoms in total. The number of halogens is 7. The highest BCUT2D eigenvalue weighted by Crippen LogP contribution is 2.66. The molecule has 0 aromatic heterocycles.